The van der Waals surface area contributed by atoms with Gasteiger partial charge in [-0.1, -0.05) is 18.2 Å². The average molecular weight is 417 g/mol. The molecular formula is C22H15N3O4S. The number of carboxylic acids is 1. The Morgan fingerprint density at radius 3 is 2.30 bits per heavy atom. The van der Waals surface area contributed by atoms with Crippen LogP contribution in [0.1, 0.15) is 16.1 Å². The summed E-state index contributed by atoms with van der Waals surface area (Å²) in [5.74, 6) is -2.26. The molecule has 30 heavy (non-hydrogen) atoms. The molecule has 2 N–H and O–H groups in total. The number of aromatic carboxylic acids is 1. The van der Waals surface area contributed by atoms with Crippen LogP contribution in [0.5, 0.6) is 0 Å². The third-order valence-electron chi connectivity index (χ3n) is 4.58. The van der Waals surface area contributed by atoms with E-state index in [9.17, 15) is 14.4 Å². The van der Waals surface area contributed by atoms with Gasteiger partial charge in [-0.05, 0) is 66.8 Å². The molecule has 1 saturated heterocycles. The van der Waals surface area contributed by atoms with Gasteiger partial charge in [-0.2, -0.15) is 0 Å². The second kappa shape index (κ2) is 7.76. The van der Waals surface area contributed by atoms with Gasteiger partial charge in [0, 0.05) is 17.6 Å². The maximum Gasteiger partial charge on any atom is 0.335 e. The predicted octanol–water partition coefficient (Wildman–Crippen LogP) is 3.01. The molecule has 1 aliphatic rings. The molecular weight excluding hydrogens is 402 g/mol. The summed E-state index contributed by atoms with van der Waals surface area (Å²) in [4.78, 5) is 37.9. The molecule has 4 rings (SSSR count). The van der Waals surface area contributed by atoms with Crippen LogP contribution in [-0.4, -0.2) is 32.6 Å². The number of nitrogens with zero attached hydrogens (tertiary/aromatic N) is 2. The van der Waals surface area contributed by atoms with Crippen LogP contribution in [0.3, 0.4) is 0 Å². The van der Waals surface area contributed by atoms with Gasteiger partial charge < -0.3 is 9.67 Å². The number of carbonyl (C=O) groups is 3. The van der Waals surface area contributed by atoms with Gasteiger partial charge in [-0.3, -0.25) is 19.8 Å². The number of carbonyl (C=O) groups excluding carboxylic acids is 2. The van der Waals surface area contributed by atoms with Crippen LogP contribution in [-0.2, 0) is 9.59 Å². The Bertz CT molecular complexity index is 1200. The molecule has 0 spiro atoms. The van der Waals surface area contributed by atoms with Crippen molar-refractivity contribution >= 4 is 46.9 Å². The number of anilines is 1. The van der Waals surface area contributed by atoms with Crippen molar-refractivity contribution in [3.8, 4) is 5.69 Å². The predicted molar refractivity (Wildman–Crippen MR) is 115 cm³/mol. The molecule has 2 heterocycles. The van der Waals surface area contributed by atoms with Crippen LogP contribution in [0.15, 0.2) is 78.5 Å². The highest BCUT2D eigenvalue weighted by Crippen LogP contribution is 2.23. The first-order valence-corrected chi connectivity index (χ1v) is 9.34. The van der Waals surface area contributed by atoms with Crippen molar-refractivity contribution in [2.24, 2.45) is 0 Å². The van der Waals surface area contributed by atoms with Gasteiger partial charge >= 0.3 is 5.97 Å². The minimum absolute atomic E-state index is 0.0660. The normalized spacial score (nSPS) is 15.4. The summed E-state index contributed by atoms with van der Waals surface area (Å²) in [5, 5.41) is 11.5. The molecule has 0 bridgehead atoms. The molecule has 1 aromatic heterocycles. The van der Waals surface area contributed by atoms with Gasteiger partial charge in [0.25, 0.3) is 11.8 Å². The lowest BCUT2D eigenvalue weighted by Gasteiger charge is -2.29. The highest BCUT2D eigenvalue weighted by molar-refractivity contribution is 7.80. The number of hydrogen-bond acceptors (Lipinski definition) is 4. The Morgan fingerprint density at radius 2 is 1.63 bits per heavy atom. The number of hydrogen-bond donors (Lipinski definition) is 2. The van der Waals surface area contributed by atoms with E-state index in [0.29, 0.717) is 11.4 Å². The lowest BCUT2D eigenvalue weighted by molar-refractivity contribution is -0.122. The zero-order valence-corrected chi connectivity index (χ0v) is 16.3. The smallest absolute Gasteiger partial charge is 0.335 e. The van der Waals surface area contributed by atoms with E-state index < -0.39 is 17.8 Å². The number of amides is 2. The average Bonchev–Trinajstić information content (AvgIpc) is 3.20. The molecule has 7 nitrogen and oxygen atoms in total. The molecule has 2 amide bonds. The zero-order valence-electron chi connectivity index (χ0n) is 15.5. The van der Waals surface area contributed by atoms with Gasteiger partial charge in [0.05, 0.1) is 11.3 Å². The summed E-state index contributed by atoms with van der Waals surface area (Å²) in [6.07, 6.45) is 3.34. The summed E-state index contributed by atoms with van der Waals surface area (Å²) >= 11 is 5.18. The molecule has 0 atom stereocenters. The number of benzene rings is 2. The van der Waals surface area contributed by atoms with Crippen molar-refractivity contribution in [2.75, 3.05) is 4.90 Å². The highest BCUT2D eigenvalue weighted by atomic mass is 32.1. The van der Waals surface area contributed by atoms with Crippen LogP contribution in [0.25, 0.3) is 11.8 Å². The second-order valence-corrected chi connectivity index (χ2v) is 6.84. The van der Waals surface area contributed by atoms with Crippen molar-refractivity contribution in [2.45, 2.75) is 0 Å². The number of aromatic nitrogens is 1. The number of nitrogens with one attached hydrogen (secondary N) is 1. The number of thiocarbonyl (C=S) groups is 1. The fourth-order valence-corrected chi connectivity index (χ4v) is 3.41. The number of rotatable bonds is 4. The Labute approximate surface area is 176 Å². The first-order valence-electron chi connectivity index (χ1n) is 8.93. The molecule has 0 aliphatic carbocycles. The third kappa shape index (κ3) is 3.51. The standard InChI is InChI=1S/C22H15N3O4S/c26-19-18(13-17-7-4-12-24(17)15-5-2-1-3-6-15)20(27)25(22(30)23-19)16-10-8-14(9-11-16)21(28)29/h1-13H,(H,28,29)(H,23,26,30)/b18-13+. The molecule has 148 valence electrons. The van der Waals surface area contributed by atoms with E-state index in [1.54, 1.807) is 6.07 Å². The summed E-state index contributed by atoms with van der Waals surface area (Å²) < 4.78 is 1.85. The Morgan fingerprint density at radius 1 is 0.933 bits per heavy atom. The van der Waals surface area contributed by atoms with Crippen molar-refractivity contribution in [3.63, 3.8) is 0 Å². The Kier molecular flexibility index (Phi) is 4.99. The highest BCUT2D eigenvalue weighted by Gasteiger charge is 2.34. The molecule has 3 aromatic rings. The molecule has 1 fully saturated rings. The van der Waals surface area contributed by atoms with Gasteiger partial charge in [0.1, 0.15) is 5.57 Å². The minimum Gasteiger partial charge on any atom is -0.478 e. The Balaban J connectivity index is 1.72. The topological polar surface area (TPSA) is 91.6 Å². The summed E-state index contributed by atoms with van der Waals surface area (Å²) in [6, 6.07) is 18.8. The maximum absolute atomic E-state index is 13.1. The van der Waals surface area contributed by atoms with E-state index in [-0.39, 0.29) is 16.2 Å². The van der Waals surface area contributed by atoms with Crippen molar-refractivity contribution in [1.82, 2.24) is 9.88 Å². The monoisotopic (exact) mass is 417 g/mol. The molecule has 1 aliphatic heterocycles. The largest absolute Gasteiger partial charge is 0.478 e. The molecule has 0 radical (unpaired) electrons. The number of para-hydroxylation sites is 1. The quantitative estimate of drug-likeness (QED) is 0.387. The van der Waals surface area contributed by atoms with Gasteiger partial charge in [0.15, 0.2) is 5.11 Å². The van der Waals surface area contributed by atoms with E-state index in [0.717, 1.165) is 5.69 Å². The summed E-state index contributed by atoms with van der Waals surface area (Å²) in [6.45, 7) is 0. The molecule has 8 heteroatoms. The van der Waals surface area contributed by atoms with Crippen LogP contribution >= 0.6 is 12.2 Å². The lowest BCUT2D eigenvalue weighted by Crippen LogP contribution is -2.54. The van der Waals surface area contributed by atoms with Crippen LogP contribution < -0.4 is 10.2 Å². The molecule has 0 unspecified atom stereocenters. The first-order chi connectivity index (χ1) is 14.5. The third-order valence-corrected chi connectivity index (χ3v) is 4.87. The van der Waals surface area contributed by atoms with Gasteiger partial charge in [-0.25, -0.2) is 4.79 Å². The van der Waals surface area contributed by atoms with Crippen molar-refractivity contribution in [3.05, 3.63) is 89.8 Å². The van der Waals surface area contributed by atoms with E-state index >= 15 is 0 Å². The van der Waals surface area contributed by atoms with Gasteiger partial charge in [-0.15, -0.1) is 0 Å². The van der Waals surface area contributed by atoms with E-state index in [4.69, 9.17) is 17.3 Å². The van der Waals surface area contributed by atoms with Crippen LogP contribution in [0.4, 0.5) is 5.69 Å². The van der Waals surface area contributed by atoms with E-state index in [1.807, 2.05) is 47.2 Å². The fraction of sp³-hybridized carbons (Fsp3) is 0. The Hall–Kier alpha value is -4.04. The van der Waals surface area contributed by atoms with Crippen LogP contribution in [0.2, 0.25) is 0 Å². The zero-order chi connectivity index (χ0) is 21.3. The SMILES string of the molecule is O=C1NC(=S)N(c2ccc(C(=O)O)cc2)C(=O)/C1=C/c1cccn1-c1ccccc1. The first kappa shape index (κ1) is 19.3. The van der Waals surface area contributed by atoms with E-state index in [1.165, 1.54) is 35.2 Å². The van der Waals surface area contributed by atoms with Crippen molar-refractivity contribution in [1.29, 1.82) is 0 Å². The second-order valence-electron chi connectivity index (χ2n) is 6.45. The fourth-order valence-electron chi connectivity index (χ4n) is 3.13. The van der Waals surface area contributed by atoms with Gasteiger partial charge in [0.2, 0.25) is 0 Å². The summed E-state index contributed by atoms with van der Waals surface area (Å²) in [7, 11) is 0. The summed E-state index contributed by atoms with van der Waals surface area (Å²) in [5.41, 5.74) is 1.89. The van der Waals surface area contributed by atoms with Crippen molar-refractivity contribution < 1.29 is 19.5 Å². The maximum atomic E-state index is 13.1. The minimum atomic E-state index is -1.08. The molecule has 0 saturated carbocycles. The molecule has 2 aromatic carbocycles. The lowest BCUT2D eigenvalue weighted by atomic mass is 10.1. The number of carboxylic acid groups (broad SMARTS) is 1. The van der Waals surface area contributed by atoms with Crippen LogP contribution in [0, 0.1) is 0 Å². The van der Waals surface area contributed by atoms with E-state index in [2.05, 4.69) is 5.32 Å².